The summed E-state index contributed by atoms with van der Waals surface area (Å²) in [6, 6.07) is 15.4. The van der Waals surface area contributed by atoms with Gasteiger partial charge in [0.15, 0.2) is 5.13 Å². The van der Waals surface area contributed by atoms with Gasteiger partial charge in [0.2, 0.25) is 5.91 Å². The molecule has 2 aromatic heterocycles. The topological polar surface area (TPSA) is 79.4 Å². The minimum Gasteiger partial charge on any atom is -0.302 e. The Balaban J connectivity index is 1.37. The number of hydrogen-bond donors (Lipinski definition) is 1. The highest BCUT2D eigenvalue weighted by Crippen LogP contribution is 2.31. The van der Waals surface area contributed by atoms with Gasteiger partial charge in [-0.3, -0.25) is 4.79 Å². The molecular weight excluding hydrogens is 426 g/mol. The zero-order valence-corrected chi connectivity index (χ0v) is 18.1. The number of sulfonamides is 1. The Kier molecular flexibility index (Phi) is 5.64. The zero-order valence-electron chi connectivity index (χ0n) is 15.7. The first kappa shape index (κ1) is 20.0. The third-order valence-electron chi connectivity index (χ3n) is 4.57. The largest absolute Gasteiger partial charge is 0.302 e. The molecule has 0 aliphatic rings. The van der Waals surface area contributed by atoms with Crippen molar-refractivity contribution in [3.63, 3.8) is 0 Å². The number of fused-ring (bicyclic) bond motifs is 3. The van der Waals surface area contributed by atoms with Gasteiger partial charge in [0.1, 0.15) is 4.21 Å². The molecule has 0 aliphatic heterocycles. The maximum atomic E-state index is 12.4. The minimum atomic E-state index is -3.48. The predicted molar refractivity (Wildman–Crippen MR) is 119 cm³/mol. The fourth-order valence-corrected chi connectivity index (χ4v) is 6.35. The number of nitrogens with zero attached hydrogens (tertiary/aromatic N) is 2. The van der Waals surface area contributed by atoms with Gasteiger partial charge in [-0.15, -0.1) is 11.3 Å². The summed E-state index contributed by atoms with van der Waals surface area (Å²) in [6.45, 7) is 0.276. The molecule has 4 rings (SSSR count). The van der Waals surface area contributed by atoms with E-state index >= 15 is 0 Å². The van der Waals surface area contributed by atoms with E-state index in [-0.39, 0.29) is 18.9 Å². The molecule has 0 fully saturated rings. The maximum Gasteiger partial charge on any atom is 0.252 e. The van der Waals surface area contributed by atoms with Crippen molar-refractivity contribution in [2.45, 2.75) is 17.1 Å². The number of amides is 1. The number of nitrogens with one attached hydrogen (secondary N) is 1. The first-order chi connectivity index (χ1) is 13.9. The normalized spacial score (nSPS) is 12.1. The molecule has 0 bridgehead atoms. The number of thiazole rings is 1. The van der Waals surface area contributed by atoms with Crippen molar-refractivity contribution >= 4 is 64.7 Å². The molecule has 2 heterocycles. The van der Waals surface area contributed by atoms with Gasteiger partial charge in [0, 0.05) is 25.4 Å². The van der Waals surface area contributed by atoms with Crippen molar-refractivity contribution < 1.29 is 13.2 Å². The molecule has 6 nitrogen and oxygen atoms in total. The molecule has 9 heteroatoms. The van der Waals surface area contributed by atoms with Crippen molar-refractivity contribution in [2.24, 2.45) is 0 Å². The summed E-state index contributed by atoms with van der Waals surface area (Å²) in [4.78, 5) is 16.9. The van der Waals surface area contributed by atoms with Crippen molar-refractivity contribution in [1.82, 2.24) is 9.29 Å². The highest BCUT2D eigenvalue weighted by molar-refractivity contribution is 7.91. The lowest BCUT2D eigenvalue weighted by Gasteiger charge is -2.15. The van der Waals surface area contributed by atoms with E-state index in [1.54, 1.807) is 17.5 Å². The van der Waals surface area contributed by atoms with Crippen LogP contribution in [0.15, 0.2) is 58.1 Å². The Hall–Kier alpha value is -2.33. The lowest BCUT2D eigenvalue weighted by atomic mass is 10.1. The first-order valence-corrected chi connectivity index (χ1v) is 12.2. The average molecular weight is 446 g/mol. The third kappa shape index (κ3) is 4.18. The van der Waals surface area contributed by atoms with Crippen LogP contribution in [0, 0.1) is 0 Å². The zero-order chi connectivity index (χ0) is 20.4. The van der Waals surface area contributed by atoms with Crippen LogP contribution in [0.3, 0.4) is 0 Å². The number of thiophene rings is 1. The molecule has 0 aliphatic carbocycles. The Morgan fingerprint density at radius 3 is 2.76 bits per heavy atom. The lowest BCUT2D eigenvalue weighted by molar-refractivity contribution is -0.116. The predicted octanol–water partition coefficient (Wildman–Crippen LogP) is 4.55. The smallest absolute Gasteiger partial charge is 0.252 e. The van der Waals surface area contributed by atoms with Crippen LogP contribution >= 0.6 is 22.7 Å². The summed E-state index contributed by atoms with van der Waals surface area (Å²) in [6.07, 6.45) is 0.655. The summed E-state index contributed by atoms with van der Waals surface area (Å²) in [5.74, 6) is -0.171. The van der Waals surface area contributed by atoms with Crippen LogP contribution in [-0.2, 0) is 14.8 Å². The summed E-state index contributed by atoms with van der Waals surface area (Å²) >= 11 is 2.62. The molecule has 2 aromatic carbocycles. The molecule has 4 aromatic rings. The van der Waals surface area contributed by atoms with Crippen molar-refractivity contribution in [2.75, 3.05) is 18.9 Å². The summed E-state index contributed by atoms with van der Waals surface area (Å²) in [5, 5.41) is 7.29. The molecule has 29 heavy (non-hydrogen) atoms. The van der Waals surface area contributed by atoms with Crippen LogP contribution in [0.2, 0.25) is 0 Å². The summed E-state index contributed by atoms with van der Waals surface area (Å²) in [5.41, 5.74) is 0.880. The Bertz CT molecular complexity index is 1260. The van der Waals surface area contributed by atoms with Gasteiger partial charge in [0.25, 0.3) is 10.0 Å². The van der Waals surface area contributed by atoms with Gasteiger partial charge in [-0.1, -0.05) is 47.7 Å². The van der Waals surface area contributed by atoms with E-state index in [1.165, 1.54) is 34.0 Å². The molecule has 0 saturated heterocycles. The van der Waals surface area contributed by atoms with Gasteiger partial charge < -0.3 is 5.32 Å². The second-order valence-electron chi connectivity index (χ2n) is 6.56. The van der Waals surface area contributed by atoms with Crippen LogP contribution < -0.4 is 5.32 Å². The standard InChI is InChI=1S/C20H19N3O3S3/c1-23(29(25,26)18-9-5-13-27-18)12-4-8-17(24)21-20-22-19-15-7-3-2-6-14(15)10-11-16(19)28-20/h2-3,5-7,9-11,13H,4,8,12H2,1H3,(H,21,22,24). The van der Waals surface area contributed by atoms with Gasteiger partial charge in [-0.2, -0.15) is 0 Å². The molecule has 1 amide bonds. The highest BCUT2D eigenvalue weighted by Gasteiger charge is 2.21. The molecular formula is C20H19N3O3S3. The van der Waals surface area contributed by atoms with Crippen molar-refractivity contribution in [1.29, 1.82) is 0 Å². The van der Waals surface area contributed by atoms with Gasteiger partial charge in [0.05, 0.1) is 10.2 Å². The number of carbonyl (C=O) groups is 1. The number of rotatable bonds is 7. The Morgan fingerprint density at radius 2 is 1.97 bits per heavy atom. The monoisotopic (exact) mass is 445 g/mol. The molecule has 0 unspecified atom stereocenters. The fraction of sp³-hybridized carbons (Fsp3) is 0.200. The fourth-order valence-electron chi connectivity index (χ4n) is 3.04. The lowest BCUT2D eigenvalue weighted by Crippen LogP contribution is -2.28. The van der Waals surface area contributed by atoms with Crippen LogP contribution in [0.25, 0.3) is 21.0 Å². The maximum absolute atomic E-state index is 12.4. The van der Waals surface area contributed by atoms with Crippen LogP contribution in [-0.4, -0.2) is 37.2 Å². The molecule has 0 spiro atoms. The second kappa shape index (κ2) is 8.19. The van der Waals surface area contributed by atoms with E-state index in [0.29, 0.717) is 15.8 Å². The third-order valence-corrected chi connectivity index (χ3v) is 8.73. The number of hydrogen-bond acceptors (Lipinski definition) is 6. The Labute approximate surface area is 176 Å². The number of aromatic nitrogens is 1. The van der Waals surface area contributed by atoms with E-state index in [9.17, 15) is 13.2 Å². The second-order valence-corrected chi connectivity index (χ2v) is 10.8. The molecule has 0 atom stereocenters. The SMILES string of the molecule is CN(CCCC(=O)Nc1nc2c(ccc3ccccc32)s1)S(=O)(=O)c1cccs1. The first-order valence-electron chi connectivity index (χ1n) is 9.03. The number of benzene rings is 2. The molecule has 0 radical (unpaired) electrons. The van der Waals surface area contributed by atoms with Gasteiger partial charge in [-0.25, -0.2) is 17.7 Å². The summed E-state index contributed by atoms with van der Waals surface area (Å²) < 4.78 is 27.4. The summed E-state index contributed by atoms with van der Waals surface area (Å²) in [7, 11) is -1.95. The van der Waals surface area contributed by atoms with Gasteiger partial charge in [-0.05, 0) is 29.3 Å². The van der Waals surface area contributed by atoms with Crippen LogP contribution in [0.5, 0.6) is 0 Å². The van der Waals surface area contributed by atoms with E-state index in [2.05, 4.69) is 10.3 Å². The molecule has 1 N–H and O–H groups in total. The van der Waals surface area contributed by atoms with E-state index < -0.39 is 10.0 Å². The van der Waals surface area contributed by atoms with Gasteiger partial charge >= 0.3 is 0 Å². The average Bonchev–Trinajstić information content (AvgIpc) is 3.38. The van der Waals surface area contributed by atoms with Crippen LogP contribution in [0.1, 0.15) is 12.8 Å². The number of anilines is 1. The van der Waals surface area contributed by atoms with E-state index in [0.717, 1.165) is 21.0 Å². The van der Waals surface area contributed by atoms with Crippen LogP contribution in [0.4, 0.5) is 5.13 Å². The molecule has 0 saturated carbocycles. The highest BCUT2D eigenvalue weighted by atomic mass is 32.2. The van der Waals surface area contributed by atoms with Crippen molar-refractivity contribution in [3.8, 4) is 0 Å². The molecule has 150 valence electrons. The minimum absolute atomic E-state index is 0.171. The van der Waals surface area contributed by atoms with Crippen molar-refractivity contribution in [3.05, 3.63) is 53.9 Å². The van der Waals surface area contributed by atoms with E-state index in [4.69, 9.17) is 0 Å². The number of carbonyl (C=O) groups excluding carboxylic acids is 1. The quantitative estimate of drug-likeness (QED) is 0.453. The van der Waals surface area contributed by atoms with E-state index in [1.807, 2.05) is 36.4 Å². The Morgan fingerprint density at radius 1 is 1.14 bits per heavy atom.